The predicted molar refractivity (Wildman–Crippen MR) is 109 cm³/mol. The van der Waals surface area contributed by atoms with Gasteiger partial charge in [-0.15, -0.1) is 0 Å². The summed E-state index contributed by atoms with van der Waals surface area (Å²) in [6, 6.07) is 7.08. The minimum Gasteiger partial charge on any atom is -0.376 e. The van der Waals surface area contributed by atoms with Crippen molar-refractivity contribution in [2.75, 3.05) is 18.5 Å². The molecule has 1 saturated heterocycles. The van der Waals surface area contributed by atoms with Crippen LogP contribution in [0, 0.1) is 5.92 Å². The zero-order chi connectivity index (χ0) is 19.1. The van der Waals surface area contributed by atoms with Crippen molar-refractivity contribution in [1.82, 2.24) is 10.6 Å². The maximum Gasteiger partial charge on any atom is 0.251 e. The van der Waals surface area contributed by atoms with E-state index < -0.39 is 0 Å². The second kappa shape index (κ2) is 9.80. The number of hydrogen-bond donors (Lipinski definition) is 3. The Morgan fingerprint density at radius 1 is 1.11 bits per heavy atom. The molecular weight excluding hydrogens is 362 g/mol. The molecule has 1 heterocycles. The maximum absolute atomic E-state index is 12.3. The van der Waals surface area contributed by atoms with Crippen molar-refractivity contribution in [1.29, 1.82) is 0 Å². The number of rotatable bonds is 5. The number of carbonyl (C=O) groups excluding carboxylic acids is 2. The Kier molecular flexibility index (Phi) is 7.18. The van der Waals surface area contributed by atoms with E-state index in [2.05, 4.69) is 16.0 Å². The Morgan fingerprint density at radius 3 is 2.67 bits per heavy atom. The smallest absolute Gasteiger partial charge is 0.251 e. The molecule has 0 bridgehead atoms. The molecular formula is C20H27N3O3S. The summed E-state index contributed by atoms with van der Waals surface area (Å²) in [5.41, 5.74) is 1.22. The fourth-order valence-corrected chi connectivity index (χ4v) is 3.81. The molecule has 1 unspecified atom stereocenters. The van der Waals surface area contributed by atoms with Crippen molar-refractivity contribution in [3.05, 3.63) is 29.8 Å². The van der Waals surface area contributed by atoms with Gasteiger partial charge in [-0.3, -0.25) is 9.59 Å². The quantitative estimate of drug-likeness (QED) is 0.675. The first-order valence-corrected chi connectivity index (χ1v) is 10.1. The van der Waals surface area contributed by atoms with Gasteiger partial charge in [-0.05, 0) is 56.1 Å². The Bertz CT molecular complexity index is 683. The summed E-state index contributed by atoms with van der Waals surface area (Å²) in [5, 5.41) is 8.94. The molecule has 0 spiro atoms. The Labute approximate surface area is 165 Å². The van der Waals surface area contributed by atoms with E-state index in [1.54, 1.807) is 18.2 Å². The van der Waals surface area contributed by atoms with Crippen LogP contribution in [0.3, 0.4) is 0 Å². The van der Waals surface area contributed by atoms with Gasteiger partial charge in [0.25, 0.3) is 5.91 Å². The van der Waals surface area contributed by atoms with Crippen molar-refractivity contribution >= 4 is 34.8 Å². The highest BCUT2D eigenvalue weighted by Crippen LogP contribution is 2.23. The van der Waals surface area contributed by atoms with Gasteiger partial charge >= 0.3 is 0 Å². The number of benzene rings is 1. The SMILES string of the molecule is O=C(NCC1CCCO1)c1cccc(NC(=S)NC(=O)C2CCCCC2)c1. The highest BCUT2D eigenvalue weighted by atomic mass is 32.1. The third-order valence-corrected chi connectivity index (χ3v) is 5.31. The first kappa shape index (κ1) is 19.8. The second-order valence-electron chi connectivity index (χ2n) is 7.20. The summed E-state index contributed by atoms with van der Waals surface area (Å²) >= 11 is 5.25. The first-order chi connectivity index (χ1) is 13.1. The number of amides is 2. The van der Waals surface area contributed by atoms with Crippen LogP contribution < -0.4 is 16.0 Å². The Balaban J connectivity index is 1.49. The number of nitrogens with one attached hydrogen (secondary N) is 3. The summed E-state index contributed by atoms with van der Waals surface area (Å²) in [7, 11) is 0. The molecule has 0 radical (unpaired) electrons. The number of thiocarbonyl (C=S) groups is 1. The van der Waals surface area contributed by atoms with E-state index in [1.165, 1.54) is 6.42 Å². The van der Waals surface area contributed by atoms with Crippen LogP contribution in [0.15, 0.2) is 24.3 Å². The molecule has 1 saturated carbocycles. The maximum atomic E-state index is 12.3. The monoisotopic (exact) mass is 389 g/mol. The molecule has 3 rings (SSSR count). The molecule has 1 aliphatic carbocycles. The zero-order valence-electron chi connectivity index (χ0n) is 15.5. The van der Waals surface area contributed by atoms with Gasteiger partial charge in [0.15, 0.2) is 5.11 Å². The summed E-state index contributed by atoms with van der Waals surface area (Å²) in [5.74, 6) is -0.114. The summed E-state index contributed by atoms with van der Waals surface area (Å²) < 4.78 is 5.52. The van der Waals surface area contributed by atoms with Gasteiger partial charge in [0.2, 0.25) is 5.91 Å². The minimum absolute atomic E-state index is 0.0161. The average molecular weight is 390 g/mol. The lowest BCUT2D eigenvalue weighted by Gasteiger charge is -2.21. The van der Waals surface area contributed by atoms with Crippen LogP contribution in [0.1, 0.15) is 55.3 Å². The number of hydrogen-bond acceptors (Lipinski definition) is 4. The third kappa shape index (κ3) is 6.01. The van der Waals surface area contributed by atoms with Gasteiger partial charge in [0, 0.05) is 30.3 Å². The molecule has 146 valence electrons. The number of anilines is 1. The third-order valence-electron chi connectivity index (χ3n) is 5.11. The molecule has 2 fully saturated rings. The molecule has 2 amide bonds. The van der Waals surface area contributed by atoms with Crippen LogP contribution in [0.2, 0.25) is 0 Å². The van der Waals surface area contributed by atoms with E-state index in [0.717, 1.165) is 45.1 Å². The Hall–Kier alpha value is -1.99. The lowest BCUT2D eigenvalue weighted by atomic mass is 9.89. The van der Waals surface area contributed by atoms with Crippen molar-refractivity contribution in [2.24, 2.45) is 5.92 Å². The van der Waals surface area contributed by atoms with Gasteiger partial charge in [-0.1, -0.05) is 25.3 Å². The van der Waals surface area contributed by atoms with Crippen LogP contribution in [-0.4, -0.2) is 36.2 Å². The molecule has 1 atom stereocenters. The van der Waals surface area contributed by atoms with Crippen LogP contribution in [0.25, 0.3) is 0 Å². The summed E-state index contributed by atoms with van der Waals surface area (Å²) in [4.78, 5) is 24.6. The molecule has 2 aliphatic rings. The van der Waals surface area contributed by atoms with Gasteiger partial charge in [0.1, 0.15) is 0 Å². The van der Waals surface area contributed by atoms with E-state index in [-0.39, 0.29) is 28.9 Å². The average Bonchev–Trinajstić information content (AvgIpc) is 3.20. The fourth-order valence-electron chi connectivity index (χ4n) is 3.59. The van der Waals surface area contributed by atoms with Gasteiger partial charge in [0.05, 0.1) is 6.10 Å². The molecule has 1 aromatic carbocycles. The van der Waals surface area contributed by atoms with E-state index in [4.69, 9.17) is 17.0 Å². The minimum atomic E-state index is -0.147. The van der Waals surface area contributed by atoms with E-state index in [0.29, 0.717) is 17.8 Å². The zero-order valence-corrected chi connectivity index (χ0v) is 16.3. The fraction of sp³-hybridized carbons (Fsp3) is 0.550. The van der Waals surface area contributed by atoms with Crippen molar-refractivity contribution in [3.8, 4) is 0 Å². The molecule has 1 aromatic rings. The largest absolute Gasteiger partial charge is 0.376 e. The number of carbonyl (C=O) groups is 2. The highest BCUT2D eigenvalue weighted by molar-refractivity contribution is 7.80. The lowest BCUT2D eigenvalue weighted by Crippen LogP contribution is -2.39. The topological polar surface area (TPSA) is 79.5 Å². The molecule has 1 aliphatic heterocycles. The van der Waals surface area contributed by atoms with Crippen molar-refractivity contribution in [3.63, 3.8) is 0 Å². The summed E-state index contributed by atoms with van der Waals surface area (Å²) in [6.45, 7) is 1.29. The van der Waals surface area contributed by atoms with E-state index in [9.17, 15) is 9.59 Å². The molecule has 3 N–H and O–H groups in total. The van der Waals surface area contributed by atoms with Gasteiger partial charge in [-0.25, -0.2) is 0 Å². The lowest BCUT2D eigenvalue weighted by molar-refractivity contribution is -0.124. The molecule has 27 heavy (non-hydrogen) atoms. The molecule has 7 heteroatoms. The first-order valence-electron chi connectivity index (χ1n) is 9.73. The van der Waals surface area contributed by atoms with E-state index in [1.807, 2.05) is 6.07 Å². The number of ether oxygens (including phenoxy) is 1. The highest BCUT2D eigenvalue weighted by Gasteiger charge is 2.22. The van der Waals surface area contributed by atoms with Crippen molar-refractivity contribution < 1.29 is 14.3 Å². The second-order valence-corrected chi connectivity index (χ2v) is 7.61. The van der Waals surface area contributed by atoms with Crippen LogP contribution in [-0.2, 0) is 9.53 Å². The summed E-state index contributed by atoms with van der Waals surface area (Å²) in [6.07, 6.45) is 7.39. The molecule has 6 nitrogen and oxygen atoms in total. The van der Waals surface area contributed by atoms with Crippen LogP contribution >= 0.6 is 12.2 Å². The van der Waals surface area contributed by atoms with Gasteiger partial charge < -0.3 is 20.7 Å². The van der Waals surface area contributed by atoms with E-state index >= 15 is 0 Å². The van der Waals surface area contributed by atoms with Crippen LogP contribution in [0.5, 0.6) is 0 Å². The predicted octanol–water partition coefficient (Wildman–Crippen LogP) is 2.99. The molecule has 0 aromatic heterocycles. The Morgan fingerprint density at radius 2 is 1.93 bits per heavy atom. The van der Waals surface area contributed by atoms with Gasteiger partial charge in [-0.2, -0.15) is 0 Å². The standard InChI is InChI=1S/C20H27N3O3S/c24-18(21-13-17-10-5-11-26-17)15-8-4-9-16(12-15)22-20(27)23-19(25)14-6-2-1-3-7-14/h4,8-9,12,14,17H,1-3,5-7,10-11,13H2,(H,21,24)(H2,22,23,25,27). The van der Waals surface area contributed by atoms with Crippen molar-refractivity contribution in [2.45, 2.75) is 51.0 Å². The normalized spacial score (nSPS) is 20.1. The van der Waals surface area contributed by atoms with Crippen LogP contribution in [0.4, 0.5) is 5.69 Å².